The fourth-order valence-corrected chi connectivity index (χ4v) is 3.26. The standard InChI is InChI=1S/C18H28N4.2HI/c1-21(2,3)11-13-9-19-15-7-8-16-18(17(13)15)14(10-20-16)12-22(4,5)6;;/h7-10,19-20H,11-12H2,1-6H3;2*1H/q+2;;/p-2. The van der Waals surface area contributed by atoms with Gasteiger partial charge in [-0.05, 0) is 12.1 Å². The van der Waals surface area contributed by atoms with Gasteiger partial charge in [-0.1, -0.05) is 0 Å². The highest BCUT2D eigenvalue weighted by atomic mass is 127. The number of benzene rings is 1. The normalized spacial score (nSPS) is 12.2. The van der Waals surface area contributed by atoms with E-state index >= 15 is 0 Å². The number of rotatable bonds is 4. The second kappa shape index (κ2) is 7.51. The summed E-state index contributed by atoms with van der Waals surface area (Å²) < 4.78 is 1.86. The molecule has 0 aliphatic heterocycles. The van der Waals surface area contributed by atoms with Crippen LogP contribution in [-0.2, 0) is 13.1 Å². The van der Waals surface area contributed by atoms with Gasteiger partial charge in [-0.15, -0.1) is 0 Å². The van der Waals surface area contributed by atoms with E-state index in [2.05, 4.69) is 76.8 Å². The van der Waals surface area contributed by atoms with Gasteiger partial charge in [0.05, 0.1) is 42.3 Å². The van der Waals surface area contributed by atoms with Crippen LogP contribution in [0.25, 0.3) is 21.8 Å². The van der Waals surface area contributed by atoms with Crippen LogP contribution in [0, 0.1) is 0 Å². The molecule has 0 saturated heterocycles. The number of aromatic nitrogens is 2. The highest BCUT2D eigenvalue weighted by Crippen LogP contribution is 2.32. The van der Waals surface area contributed by atoms with Crippen LogP contribution in [-0.4, -0.2) is 61.2 Å². The van der Waals surface area contributed by atoms with Crippen LogP contribution in [0.15, 0.2) is 24.5 Å². The third kappa shape index (κ3) is 4.64. The summed E-state index contributed by atoms with van der Waals surface area (Å²) in [7, 11) is 13.4. The second-order valence-corrected chi connectivity index (χ2v) is 8.44. The summed E-state index contributed by atoms with van der Waals surface area (Å²) in [5.41, 5.74) is 5.27. The molecule has 4 nitrogen and oxygen atoms in total. The minimum atomic E-state index is 0. The van der Waals surface area contributed by atoms with Gasteiger partial charge in [0.2, 0.25) is 0 Å². The van der Waals surface area contributed by atoms with E-state index < -0.39 is 0 Å². The molecule has 1 aromatic carbocycles. The number of quaternary nitrogens is 2. The summed E-state index contributed by atoms with van der Waals surface area (Å²) >= 11 is 0. The van der Waals surface area contributed by atoms with E-state index in [0.717, 1.165) is 22.1 Å². The van der Waals surface area contributed by atoms with Crippen molar-refractivity contribution in [1.82, 2.24) is 9.97 Å². The number of hydrogen-bond donors (Lipinski definition) is 2. The van der Waals surface area contributed by atoms with E-state index in [1.807, 2.05) is 0 Å². The molecule has 0 aliphatic rings. The van der Waals surface area contributed by atoms with Crippen molar-refractivity contribution in [1.29, 1.82) is 0 Å². The van der Waals surface area contributed by atoms with Crippen molar-refractivity contribution < 1.29 is 56.9 Å². The second-order valence-electron chi connectivity index (χ2n) is 8.44. The van der Waals surface area contributed by atoms with E-state index in [1.54, 1.807) is 0 Å². The van der Waals surface area contributed by atoms with Crippen molar-refractivity contribution in [3.8, 4) is 0 Å². The molecule has 0 atom stereocenters. The highest BCUT2D eigenvalue weighted by Gasteiger charge is 2.19. The molecule has 0 radical (unpaired) electrons. The van der Waals surface area contributed by atoms with Crippen LogP contribution in [0.5, 0.6) is 0 Å². The molecule has 0 spiro atoms. The molecule has 2 N–H and O–H groups in total. The maximum Gasteiger partial charge on any atom is 0.106 e. The van der Waals surface area contributed by atoms with Crippen molar-refractivity contribution in [2.24, 2.45) is 0 Å². The first-order valence-corrected chi connectivity index (χ1v) is 7.84. The average Bonchev–Trinajstić information content (AvgIpc) is 2.90. The lowest BCUT2D eigenvalue weighted by molar-refractivity contribution is -0.883. The minimum absolute atomic E-state index is 0. The SMILES string of the molecule is C[N+](C)(C)Cc1c[nH]c2ccc3[nH]cc(C[N+](C)(C)C)c3c12.[I-].[I-]. The molecule has 0 amide bonds. The smallest absolute Gasteiger partial charge is 0.106 e. The van der Waals surface area contributed by atoms with Gasteiger partial charge in [-0.2, -0.15) is 0 Å². The Morgan fingerprint density at radius 1 is 0.667 bits per heavy atom. The molecule has 2 heterocycles. The molecule has 3 aromatic rings. The number of halogens is 2. The monoisotopic (exact) mass is 554 g/mol. The quantitative estimate of drug-likeness (QED) is 0.256. The number of H-pyrrole nitrogens is 2. The average molecular weight is 554 g/mol. The van der Waals surface area contributed by atoms with Gasteiger partial charge in [0.1, 0.15) is 13.1 Å². The van der Waals surface area contributed by atoms with Crippen LogP contribution in [0.1, 0.15) is 11.1 Å². The fraction of sp³-hybridized carbons (Fsp3) is 0.444. The molecule has 0 aliphatic carbocycles. The molecule has 0 saturated carbocycles. The Morgan fingerprint density at radius 3 is 1.29 bits per heavy atom. The molecule has 3 rings (SSSR count). The van der Waals surface area contributed by atoms with E-state index in [-0.39, 0.29) is 48.0 Å². The number of hydrogen-bond acceptors (Lipinski definition) is 0. The summed E-state index contributed by atoms with van der Waals surface area (Å²) in [5.74, 6) is 0. The first-order valence-electron chi connectivity index (χ1n) is 7.84. The summed E-state index contributed by atoms with van der Waals surface area (Å²) in [5, 5.41) is 2.77. The van der Waals surface area contributed by atoms with Crippen LogP contribution in [0.2, 0.25) is 0 Å². The Morgan fingerprint density at radius 2 is 1.00 bits per heavy atom. The highest BCUT2D eigenvalue weighted by molar-refractivity contribution is 6.09. The molecule has 0 bridgehead atoms. The van der Waals surface area contributed by atoms with Gasteiger partial charge in [0.25, 0.3) is 0 Å². The van der Waals surface area contributed by atoms with E-state index in [9.17, 15) is 0 Å². The minimum Gasteiger partial charge on any atom is -1.00 e. The lowest BCUT2D eigenvalue weighted by Gasteiger charge is -2.24. The zero-order chi connectivity index (χ0) is 16.1. The first-order chi connectivity index (χ1) is 10.1. The first kappa shape index (κ1) is 21.7. The van der Waals surface area contributed by atoms with Crippen molar-refractivity contribution >= 4 is 21.8 Å². The van der Waals surface area contributed by atoms with Crippen LogP contribution >= 0.6 is 0 Å². The van der Waals surface area contributed by atoms with Crippen LogP contribution in [0.3, 0.4) is 0 Å². The predicted octanol–water partition coefficient (Wildman–Crippen LogP) is -2.93. The Balaban J connectivity index is 0.00000144. The third-order valence-corrected chi connectivity index (χ3v) is 3.94. The third-order valence-electron chi connectivity index (χ3n) is 3.94. The lowest BCUT2D eigenvalue weighted by atomic mass is 10.0. The van der Waals surface area contributed by atoms with E-state index in [4.69, 9.17) is 0 Å². The summed E-state index contributed by atoms with van der Waals surface area (Å²) in [6.07, 6.45) is 4.35. The largest absolute Gasteiger partial charge is 1.00 e. The van der Waals surface area contributed by atoms with Gasteiger partial charge in [0.15, 0.2) is 0 Å². The van der Waals surface area contributed by atoms with E-state index in [0.29, 0.717) is 0 Å². The van der Waals surface area contributed by atoms with E-state index in [1.165, 1.54) is 32.9 Å². The molecular weight excluding hydrogens is 526 g/mol. The molecule has 134 valence electrons. The predicted molar refractivity (Wildman–Crippen MR) is 93.6 cm³/mol. The van der Waals surface area contributed by atoms with Crippen molar-refractivity contribution in [2.45, 2.75) is 13.1 Å². The molecule has 24 heavy (non-hydrogen) atoms. The van der Waals surface area contributed by atoms with Crippen molar-refractivity contribution in [3.05, 3.63) is 35.7 Å². The summed E-state index contributed by atoms with van der Waals surface area (Å²) in [6, 6.07) is 4.37. The fourth-order valence-electron chi connectivity index (χ4n) is 3.26. The van der Waals surface area contributed by atoms with Gasteiger partial charge in [0, 0.05) is 45.3 Å². The number of aromatic amines is 2. The Hall–Kier alpha value is -0.320. The Labute approximate surface area is 178 Å². The van der Waals surface area contributed by atoms with Crippen molar-refractivity contribution in [2.75, 3.05) is 42.3 Å². The summed E-state index contributed by atoms with van der Waals surface area (Å²) in [6.45, 7) is 2.04. The maximum atomic E-state index is 3.45. The van der Waals surface area contributed by atoms with Gasteiger partial charge in [-0.25, -0.2) is 0 Å². The number of nitrogens with zero attached hydrogens (tertiary/aromatic N) is 2. The molecule has 0 unspecified atom stereocenters. The molecular formula is C18H28I2N4. The number of fused-ring (bicyclic) bond motifs is 3. The molecule has 6 heteroatoms. The Kier molecular flexibility index (Phi) is 6.80. The van der Waals surface area contributed by atoms with Gasteiger partial charge < -0.3 is 66.9 Å². The Bertz CT molecular complexity index is 750. The molecule has 2 aromatic heterocycles. The molecule has 0 fully saturated rings. The topological polar surface area (TPSA) is 31.6 Å². The zero-order valence-electron chi connectivity index (χ0n) is 15.4. The van der Waals surface area contributed by atoms with Crippen LogP contribution < -0.4 is 48.0 Å². The number of nitrogens with one attached hydrogen (secondary N) is 2. The lowest BCUT2D eigenvalue weighted by Crippen LogP contribution is -3.00. The zero-order valence-corrected chi connectivity index (χ0v) is 19.7. The van der Waals surface area contributed by atoms with Crippen LogP contribution in [0.4, 0.5) is 0 Å². The maximum absolute atomic E-state index is 3.45. The van der Waals surface area contributed by atoms with Gasteiger partial charge in [-0.3, -0.25) is 0 Å². The van der Waals surface area contributed by atoms with Gasteiger partial charge >= 0.3 is 0 Å². The summed E-state index contributed by atoms with van der Waals surface area (Å²) in [4.78, 5) is 6.91. The van der Waals surface area contributed by atoms with Crippen molar-refractivity contribution in [3.63, 3.8) is 0 Å².